The minimum atomic E-state index is 0.531. The molecule has 0 aromatic carbocycles. The molecule has 0 radical (unpaired) electrons. The summed E-state index contributed by atoms with van der Waals surface area (Å²) in [6, 6.07) is 0.560. The monoisotopic (exact) mass is 207 g/mol. The molecule has 1 aliphatic rings. The molecule has 0 heterocycles. The minimum Gasteiger partial charge on any atom is -0.354 e. The Bertz CT molecular complexity index is 244. The number of aliphatic imine (C=N–C) groups is 1. The van der Waals surface area contributed by atoms with Crippen LogP contribution < -0.4 is 10.6 Å². The van der Waals surface area contributed by atoms with Crippen molar-refractivity contribution in [2.45, 2.75) is 38.6 Å². The first-order valence-corrected chi connectivity index (χ1v) is 5.67. The molecule has 0 spiro atoms. The molecule has 0 unspecified atom stereocenters. The molecule has 3 nitrogen and oxygen atoms in total. The molecular formula is C12H21N3. The van der Waals surface area contributed by atoms with Crippen LogP contribution >= 0.6 is 0 Å². The van der Waals surface area contributed by atoms with E-state index in [1.54, 1.807) is 7.05 Å². The first kappa shape index (κ1) is 11.9. The number of terminal acetylenes is 1. The van der Waals surface area contributed by atoms with Crippen molar-refractivity contribution in [3.05, 3.63) is 0 Å². The summed E-state index contributed by atoms with van der Waals surface area (Å²) >= 11 is 0. The lowest BCUT2D eigenvalue weighted by atomic mass is 9.87. The van der Waals surface area contributed by atoms with E-state index in [1.165, 1.54) is 25.7 Å². The van der Waals surface area contributed by atoms with Crippen molar-refractivity contribution in [2.75, 3.05) is 13.6 Å². The van der Waals surface area contributed by atoms with Gasteiger partial charge in [-0.1, -0.05) is 12.8 Å². The van der Waals surface area contributed by atoms with Gasteiger partial charge in [0.05, 0.1) is 6.54 Å². The van der Waals surface area contributed by atoms with Gasteiger partial charge in [0.15, 0.2) is 5.96 Å². The van der Waals surface area contributed by atoms with Crippen LogP contribution in [0.3, 0.4) is 0 Å². The molecular weight excluding hydrogens is 186 g/mol. The van der Waals surface area contributed by atoms with Crippen LogP contribution in [0.15, 0.2) is 4.99 Å². The molecule has 0 atom stereocenters. The van der Waals surface area contributed by atoms with Crippen molar-refractivity contribution in [3.63, 3.8) is 0 Å². The number of rotatable bonds is 2. The van der Waals surface area contributed by atoms with Gasteiger partial charge in [-0.3, -0.25) is 4.99 Å². The number of hydrogen-bond acceptors (Lipinski definition) is 1. The second-order valence-corrected chi connectivity index (χ2v) is 4.23. The summed E-state index contributed by atoms with van der Waals surface area (Å²) in [7, 11) is 1.78. The van der Waals surface area contributed by atoms with Gasteiger partial charge in [-0.15, -0.1) is 6.42 Å². The Morgan fingerprint density at radius 3 is 2.60 bits per heavy atom. The van der Waals surface area contributed by atoms with Gasteiger partial charge in [0.1, 0.15) is 0 Å². The quantitative estimate of drug-likeness (QED) is 0.407. The van der Waals surface area contributed by atoms with Crippen LogP contribution in [-0.2, 0) is 0 Å². The normalized spacial score (nSPS) is 26.9. The fraction of sp³-hybridized carbons (Fsp3) is 0.750. The van der Waals surface area contributed by atoms with Gasteiger partial charge >= 0.3 is 0 Å². The fourth-order valence-electron chi connectivity index (χ4n) is 1.93. The zero-order valence-corrected chi connectivity index (χ0v) is 9.71. The lowest BCUT2D eigenvalue weighted by molar-refractivity contribution is 0.329. The third-order valence-electron chi connectivity index (χ3n) is 2.94. The van der Waals surface area contributed by atoms with Gasteiger partial charge in [0, 0.05) is 13.1 Å². The van der Waals surface area contributed by atoms with Crippen LogP contribution in [0.4, 0.5) is 0 Å². The maximum atomic E-state index is 5.19. The number of nitrogens with zero attached hydrogens (tertiary/aromatic N) is 1. The van der Waals surface area contributed by atoms with E-state index < -0.39 is 0 Å². The van der Waals surface area contributed by atoms with Crippen LogP contribution in [-0.4, -0.2) is 25.6 Å². The number of guanidine groups is 1. The second-order valence-electron chi connectivity index (χ2n) is 4.23. The Kier molecular flexibility index (Phi) is 5.03. The van der Waals surface area contributed by atoms with Crippen molar-refractivity contribution in [2.24, 2.45) is 10.9 Å². The van der Waals surface area contributed by atoms with Crippen LogP contribution in [0.5, 0.6) is 0 Å². The number of hydrogen-bond donors (Lipinski definition) is 2. The number of nitrogens with one attached hydrogen (secondary N) is 2. The van der Waals surface area contributed by atoms with Crippen LogP contribution in [0.1, 0.15) is 32.6 Å². The summed E-state index contributed by atoms with van der Waals surface area (Å²) < 4.78 is 0. The van der Waals surface area contributed by atoms with E-state index in [9.17, 15) is 0 Å². The Balaban J connectivity index is 2.30. The first-order valence-electron chi connectivity index (χ1n) is 5.67. The lowest BCUT2D eigenvalue weighted by Gasteiger charge is -2.28. The van der Waals surface area contributed by atoms with Gasteiger partial charge in [-0.2, -0.15) is 0 Å². The van der Waals surface area contributed by atoms with Gasteiger partial charge < -0.3 is 10.6 Å². The van der Waals surface area contributed by atoms with Crippen molar-refractivity contribution in [3.8, 4) is 12.3 Å². The van der Waals surface area contributed by atoms with Crippen LogP contribution in [0.25, 0.3) is 0 Å². The molecule has 0 aromatic heterocycles. The zero-order valence-electron chi connectivity index (χ0n) is 9.71. The molecule has 0 amide bonds. The van der Waals surface area contributed by atoms with E-state index in [4.69, 9.17) is 6.42 Å². The second kappa shape index (κ2) is 6.34. The highest BCUT2D eigenvalue weighted by molar-refractivity contribution is 5.80. The highest BCUT2D eigenvalue weighted by Crippen LogP contribution is 2.23. The molecule has 3 heteroatoms. The average Bonchev–Trinajstić information content (AvgIpc) is 2.27. The lowest BCUT2D eigenvalue weighted by Crippen LogP contribution is -2.44. The van der Waals surface area contributed by atoms with Crippen molar-refractivity contribution in [1.29, 1.82) is 0 Å². The molecule has 1 saturated carbocycles. The third kappa shape index (κ3) is 4.24. The zero-order chi connectivity index (χ0) is 11.1. The molecule has 0 aromatic rings. The smallest absolute Gasteiger partial charge is 0.191 e. The highest BCUT2D eigenvalue weighted by atomic mass is 15.2. The summed E-state index contributed by atoms with van der Waals surface area (Å²) in [5.74, 6) is 4.25. The van der Waals surface area contributed by atoms with Gasteiger partial charge in [0.25, 0.3) is 0 Å². The highest BCUT2D eigenvalue weighted by Gasteiger charge is 2.18. The molecule has 0 bridgehead atoms. The van der Waals surface area contributed by atoms with E-state index in [0.717, 1.165) is 11.9 Å². The van der Waals surface area contributed by atoms with Gasteiger partial charge in [0.2, 0.25) is 0 Å². The topological polar surface area (TPSA) is 36.4 Å². The molecule has 0 saturated heterocycles. The van der Waals surface area contributed by atoms with E-state index in [1.807, 2.05) is 0 Å². The molecule has 2 N–H and O–H groups in total. The van der Waals surface area contributed by atoms with E-state index in [-0.39, 0.29) is 0 Å². The van der Waals surface area contributed by atoms with E-state index in [2.05, 4.69) is 28.5 Å². The van der Waals surface area contributed by atoms with Gasteiger partial charge in [-0.25, -0.2) is 0 Å². The predicted molar refractivity (Wildman–Crippen MR) is 64.8 cm³/mol. The standard InChI is InChI=1S/C12H21N3/c1-4-9-14-12(13-3)15-11-7-5-10(2)6-8-11/h1,10-11H,5-9H2,2-3H3,(H2,13,14,15). The summed E-state index contributed by atoms with van der Waals surface area (Å²) in [6.07, 6.45) is 10.3. The Labute approximate surface area is 92.7 Å². The molecule has 1 fully saturated rings. The molecule has 1 aliphatic carbocycles. The third-order valence-corrected chi connectivity index (χ3v) is 2.94. The van der Waals surface area contributed by atoms with E-state index >= 15 is 0 Å². The Hall–Kier alpha value is -1.17. The maximum Gasteiger partial charge on any atom is 0.191 e. The largest absolute Gasteiger partial charge is 0.354 e. The van der Waals surface area contributed by atoms with Crippen molar-refractivity contribution >= 4 is 5.96 Å². The molecule has 15 heavy (non-hydrogen) atoms. The summed E-state index contributed by atoms with van der Waals surface area (Å²) in [5, 5.41) is 6.48. The van der Waals surface area contributed by atoms with Crippen LogP contribution in [0.2, 0.25) is 0 Å². The van der Waals surface area contributed by atoms with E-state index in [0.29, 0.717) is 12.6 Å². The average molecular weight is 207 g/mol. The maximum absolute atomic E-state index is 5.19. The van der Waals surface area contributed by atoms with Crippen molar-refractivity contribution in [1.82, 2.24) is 10.6 Å². The van der Waals surface area contributed by atoms with Gasteiger partial charge in [-0.05, 0) is 31.6 Å². The first-order chi connectivity index (χ1) is 7.26. The molecule has 1 rings (SSSR count). The summed E-state index contributed by atoms with van der Waals surface area (Å²) in [4.78, 5) is 4.14. The molecule has 0 aliphatic heterocycles. The minimum absolute atomic E-state index is 0.531. The van der Waals surface area contributed by atoms with Crippen LogP contribution in [0, 0.1) is 18.3 Å². The predicted octanol–water partition coefficient (Wildman–Crippen LogP) is 1.36. The summed E-state index contributed by atoms with van der Waals surface area (Å²) in [6.45, 7) is 2.85. The van der Waals surface area contributed by atoms with Crippen molar-refractivity contribution < 1.29 is 0 Å². The Morgan fingerprint density at radius 1 is 1.40 bits per heavy atom. The Morgan fingerprint density at radius 2 is 2.07 bits per heavy atom. The SMILES string of the molecule is C#CCNC(=NC)NC1CCC(C)CC1. The molecule has 84 valence electrons. The summed E-state index contributed by atoms with van der Waals surface area (Å²) in [5.41, 5.74) is 0. The fourth-order valence-corrected chi connectivity index (χ4v) is 1.93.